The number of carbonyl (C=O) groups excluding carboxylic acids is 3. The number of ether oxygens (including phenoxy) is 2. The van der Waals surface area contributed by atoms with Crippen molar-refractivity contribution < 1.29 is 39.2 Å². The Kier molecular flexibility index (Phi) is 17.9. The Labute approximate surface area is 362 Å². The highest BCUT2D eigenvalue weighted by molar-refractivity contribution is 8.76. The van der Waals surface area contributed by atoms with Crippen molar-refractivity contribution in [1.29, 1.82) is 0 Å². The van der Waals surface area contributed by atoms with Crippen molar-refractivity contribution in [2.75, 3.05) is 57.9 Å². The standard InChI is InChI=1S/C47H59N3O8S2/c1-46(2,43(53)48-44(54)57-30-32-59-60-33-31-58-45(55)49(3)34-42(52)35-14-7-4-8-15-35)37-23-21-36(22-24-37)41(51)20-13-27-50-28-25-40(26-29-50)47(56,38-16-9-5-10-17-38)39-18-11-6-12-19-39/h4-12,14-19,21-24,40-42,51-52,56H,13,20,25-34H2,1-3H3,(H,48,53,54)/t41?,42-/m1/s1. The van der Waals surface area contributed by atoms with Gasteiger partial charge in [0.1, 0.15) is 18.8 Å². The summed E-state index contributed by atoms with van der Waals surface area (Å²) in [6, 6.07) is 36.3. The number of carbonyl (C=O) groups is 3. The molecule has 13 heteroatoms. The Morgan fingerprint density at radius 3 is 1.83 bits per heavy atom. The van der Waals surface area contributed by atoms with Gasteiger partial charge in [0.25, 0.3) is 0 Å². The Morgan fingerprint density at radius 1 is 0.750 bits per heavy atom. The van der Waals surface area contributed by atoms with Crippen LogP contribution >= 0.6 is 21.6 Å². The quantitative estimate of drug-likeness (QED) is 0.0509. The fourth-order valence-corrected chi connectivity index (χ4v) is 9.14. The number of nitrogens with zero attached hydrogens (tertiary/aromatic N) is 2. The number of nitrogens with one attached hydrogen (secondary N) is 1. The van der Waals surface area contributed by atoms with E-state index in [2.05, 4.69) is 10.2 Å². The summed E-state index contributed by atoms with van der Waals surface area (Å²) in [5, 5.41) is 35.9. The minimum Gasteiger partial charge on any atom is -0.449 e. The number of hydrogen-bond donors (Lipinski definition) is 4. The van der Waals surface area contributed by atoms with Gasteiger partial charge in [0.05, 0.1) is 24.2 Å². The number of imide groups is 1. The fourth-order valence-electron chi connectivity index (χ4n) is 7.48. The molecule has 11 nitrogen and oxygen atoms in total. The van der Waals surface area contributed by atoms with E-state index in [0.717, 1.165) is 61.2 Å². The summed E-state index contributed by atoms with van der Waals surface area (Å²) in [7, 11) is 4.48. The lowest BCUT2D eigenvalue weighted by atomic mass is 9.72. The normalized spacial score (nSPS) is 14.8. The maximum Gasteiger partial charge on any atom is 0.413 e. The molecule has 0 saturated carbocycles. The summed E-state index contributed by atoms with van der Waals surface area (Å²) in [5.74, 6) is 0.592. The zero-order chi connectivity index (χ0) is 43.0. The van der Waals surface area contributed by atoms with Gasteiger partial charge in [-0.1, -0.05) is 137 Å². The van der Waals surface area contributed by atoms with Gasteiger partial charge in [0.2, 0.25) is 5.91 Å². The first-order valence-corrected chi connectivity index (χ1v) is 23.1. The van der Waals surface area contributed by atoms with Gasteiger partial charge < -0.3 is 34.6 Å². The predicted octanol–water partition coefficient (Wildman–Crippen LogP) is 7.86. The van der Waals surface area contributed by atoms with E-state index in [1.54, 1.807) is 33.0 Å². The van der Waals surface area contributed by atoms with Crippen molar-refractivity contribution >= 4 is 39.7 Å². The maximum absolute atomic E-state index is 13.1. The number of benzene rings is 4. The van der Waals surface area contributed by atoms with Gasteiger partial charge in [0.15, 0.2) is 0 Å². The van der Waals surface area contributed by atoms with Crippen LogP contribution in [0.15, 0.2) is 115 Å². The first kappa shape index (κ1) is 46.7. The van der Waals surface area contributed by atoms with Crippen molar-refractivity contribution in [3.8, 4) is 0 Å². The van der Waals surface area contributed by atoms with E-state index in [-0.39, 0.29) is 25.7 Å². The number of alkyl carbamates (subject to hydrolysis) is 1. The van der Waals surface area contributed by atoms with E-state index < -0.39 is 41.3 Å². The molecule has 1 saturated heterocycles. The summed E-state index contributed by atoms with van der Waals surface area (Å²) < 4.78 is 10.5. The molecule has 4 N–H and O–H groups in total. The number of rotatable bonds is 20. The van der Waals surface area contributed by atoms with Gasteiger partial charge in [-0.3, -0.25) is 10.1 Å². The number of amides is 3. The fraction of sp³-hybridized carbons (Fsp3) is 0.426. The molecule has 1 aliphatic rings. The number of piperidine rings is 1. The van der Waals surface area contributed by atoms with E-state index in [1.165, 1.54) is 26.5 Å². The molecule has 0 aliphatic carbocycles. The second-order valence-corrected chi connectivity index (χ2v) is 18.4. The second-order valence-electron chi connectivity index (χ2n) is 15.7. The molecule has 5 rings (SSSR count). The number of aliphatic hydroxyl groups is 3. The highest BCUT2D eigenvalue weighted by atomic mass is 33.1. The summed E-state index contributed by atoms with van der Waals surface area (Å²) in [6.07, 6.45) is 0.345. The second kappa shape index (κ2) is 23.0. The van der Waals surface area contributed by atoms with Crippen molar-refractivity contribution in [3.05, 3.63) is 143 Å². The van der Waals surface area contributed by atoms with Gasteiger partial charge in [-0.05, 0) is 92.9 Å². The molecule has 1 aliphatic heterocycles. The Balaban J connectivity index is 0.948. The zero-order valence-corrected chi connectivity index (χ0v) is 36.4. The number of likely N-dealkylation sites (N-methyl/N-ethyl adjacent to an activating group) is 1. The lowest BCUT2D eigenvalue weighted by Gasteiger charge is -2.42. The Bertz CT molecular complexity index is 1870. The minimum atomic E-state index is -1.05. The third-order valence-electron chi connectivity index (χ3n) is 11.2. The average Bonchev–Trinajstić information content (AvgIpc) is 3.27. The molecular formula is C47H59N3O8S2. The summed E-state index contributed by atoms with van der Waals surface area (Å²) >= 11 is 0. The van der Waals surface area contributed by atoms with Crippen LogP contribution in [0.25, 0.3) is 0 Å². The van der Waals surface area contributed by atoms with Crippen molar-refractivity contribution in [2.45, 2.75) is 62.8 Å². The largest absolute Gasteiger partial charge is 0.449 e. The number of hydrogen-bond acceptors (Lipinski definition) is 11. The van der Waals surface area contributed by atoms with Crippen LogP contribution in [0, 0.1) is 5.92 Å². The minimum absolute atomic E-state index is 0.0910. The van der Waals surface area contributed by atoms with E-state index in [4.69, 9.17) is 9.47 Å². The first-order valence-electron chi connectivity index (χ1n) is 20.6. The van der Waals surface area contributed by atoms with Gasteiger partial charge in [-0.2, -0.15) is 0 Å². The van der Waals surface area contributed by atoms with Crippen LogP contribution in [0.2, 0.25) is 0 Å². The molecule has 0 radical (unpaired) electrons. The van der Waals surface area contributed by atoms with Crippen LogP contribution in [-0.2, 0) is 25.3 Å². The lowest BCUT2D eigenvalue weighted by Crippen LogP contribution is -2.44. The maximum atomic E-state index is 13.1. The molecule has 3 amide bonds. The Hall–Kier alpha value is -4.37. The Morgan fingerprint density at radius 2 is 1.27 bits per heavy atom. The molecule has 0 aromatic heterocycles. The van der Waals surface area contributed by atoms with Crippen LogP contribution in [0.1, 0.15) is 79.6 Å². The number of aliphatic hydroxyl groups excluding tert-OH is 2. The van der Waals surface area contributed by atoms with E-state index >= 15 is 0 Å². The molecule has 4 aromatic carbocycles. The van der Waals surface area contributed by atoms with Gasteiger partial charge in [0, 0.05) is 18.6 Å². The molecule has 60 heavy (non-hydrogen) atoms. The molecule has 2 atom stereocenters. The molecule has 1 fully saturated rings. The summed E-state index contributed by atoms with van der Waals surface area (Å²) in [6.45, 7) is 6.46. The van der Waals surface area contributed by atoms with E-state index in [9.17, 15) is 29.7 Å². The molecule has 1 heterocycles. The van der Waals surface area contributed by atoms with Gasteiger partial charge in [-0.25, -0.2) is 9.59 Å². The number of likely N-dealkylation sites (tertiary alicyclic amines) is 1. The molecule has 322 valence electrons. The third kappa shape index (κ3) is 13.1. The van der Waals surface area contributed by atoms with E-state index in [0.29, 0.717) is 23.5 Å². The molecule has 1 unspecified atom stereocenters. The van der Waals surface area contributed by atoms with Crippen molar-refractivity contribution in [2.24, 2.45) is 5.92 Å². The first-order chi connectivity index (χ1) is 28.9. The third-order valence-corrected chi connectivity index (χ3v) is 13.5. The SMILES string of the molecule is CN(C[C@@H](O)c1ccccc1)C(=O)OCCSSCCOC(=O)NC(=O)C(C)(C)c1ccc(C(O)CCCN2CCC(C(O)(c3ccccc3)c3ccccc3)CC2)cc1. The lowest BCUT2D eigenvalue weighted by molar-refractivity contribution is -0.125. The summed E-state index contributed by atoms with van der Waals surface area (Å²) in [4.78, 5) is 41.5. The molecule has 0 spiro atoms. The molecule has 0 bridgehead atoms. The zero-order valence-electron chi connectivity index (χ0n) is 34.8. The highest BCUT2D eigenvalue weighted by Crippen LogP contribution is 2.42. The summed E-state index contributed by atoms with van der Waals surface area (Å²) in [5.41, 5.74) is 1.95. The molecule has 4 aromatic rings. The topological polar surface area (TPSA) is 149 Å². The molecular weight excluding hydrogens is 799 g/mol. The van der Waals surface area contributed by atoms with Crippen LogP contribution < -0.4 is 5.32 Å². The van der Waals surface area contributed by atoms with Crippen LogP contribution in [0.5, 0.6) is 0 Å². The van der Waals surface area contributed by atoms with Crippen LogP contribution in [-0.4, -0.2) is 101 Å². The van der Waals surface area contributed by atoms with Crippen LogP contribution in [0.3, 0.4) is 0 Å². The van der Waals surface area contributed by atoms with Crippen molar-refractivity contribution in [1.82, 2.24) is 15.1 Å². The predicted molar refractivity (Wildman–Crippen MR) is 238 cm³/mol. The van der Waals surface area contributed by atoms with Gasteiger partial charge >= 0.3 is 12.2 Å². The smallest absolute Gasteiger partial charge is 0.413 e. The van der Waals surface area contributed by atoms with Crippen LogP contribution in [0.4, 0.5) is 9.59 Å². The highest BCUT2D eigenvalue weighted by Gasteiger charge is 2.41. The van der Waals surface area contributed by atoms with Crippen molar-refractivity contribution in [3.63, 3.8) is 0 Å². The monoisotopic (exact) mass is 857 g/mol. The van der Waals surface area contributed by atoms with E-state index in [1.807, 2.05) is 103 Å². The average molecular weight is 858 g/mol. The van der Waals surface area contributed by atoms with Gasteiger partial charge in [-0.15, -0.1) is 0 Å².